The van der Waals surface area contributed by atoms with E-state index in [0.29, 0.717) is 0 Å². The summed E-state index contributed by atoms with van der Waals surface area (Å²) >= 11 is 0. The van der Waals surface area contributed by atoms with Crippen molar-refractivity contribution in [1.29, 1.82) is 0 Å². The van der Waals surface area contributed by atoms with Crippen molar-refractivity contribution in [2.45, 2.75) is 52.9 Å². The molecular weight excluding hydrogens is 156 g/mol. The molecule has 0 aromatic rings. The van der Waals surface area contributed by atoms with Crippen LogP contribution in [0.2, 0.25) is 0 Å². The molecule has 13 heavy (non-hydrogen) atoms. The van der Waals surface area contributed by atoms with Crippen molar-refractivity contribution >= 4 is 0 Å². The Morgan fingerprint density at radius 2 is 2.00 bits per heavy atom. The molecule has 0 N–H and O–H groups in total. The fourth-order valence-electron chi connectivity index (χ4n) is 3.37. The van der Waals surface area contributed by atoms with Crippen LogP contribution in [0.15, 0.2) is 0 Å². The standard InChI is InChI=1S/C13H20/c1-4-6-7-8-9-13(5-2)11-10-12(11,13)3/h11H,4-5,8-10H2,1-3H3. The molecule has 0 nitrogen and oxygen atoms in total. The van der Waals surface area contributed by atoms with Crippen LogP contribution in [-0.2, 0) is 0 Å². The second kappa shape index (κ2) is 2.77. The minimum Gasteiger partial charge on any atom is -0.104 e. The molecule has 0 spiro atoms. The van der Waals surface area contributed by atoms with Gasteiger partial charge in [0.1, 0.15) is 0 Å². The maximum absolute atomic E-state index is 3.27. The third kappa shape index (κ3) is 1.06. The van der Waals surface area contributed by atoms with Gasteiger partial charge >= 0.3 is 0 Å². The Morgan fingerprint density at radius 1 is 1.31 bits per heavy atom. The number of hydrogen-bond donors (Lipinski definition) is 0. The SMILES string of the molecule is CCC#CCCC1(CC)C2CC21C. The van der Waals surface area contributed by atoms with E-state index in [2.05, 4.69) is 32.6 Å². The van der Waals surface area contributed by atoms with Crippen LogP contribution in [0, 0.1) is 28.6 Å². The van der Waals surface area contributed by atoms with Crippen molar-refractivity contribution in [3.05, 3.63) is 0 Å². The van der Waals surface area contributed by atoms with Crippen molar-refractivity contribution in [3.8, 4) is 11.8 Å². The number of rotatable bonds is 3. The maximum Gasteiger partial charge on any atom is 0.00942 e. The molecule has 0 aliphatic heterocycles. The third-order valence-corrected chi connectivity index (χ3v) is 4.59. The van der Waals surface area contributed by atoms with E-state index in [-0.39, 0.29) is 0 Å². The Morgan fingerprint density at radius 3 is 2.38 bits per heavy atom. The molecule has 2 rings (SSSR count). The van der Waals surface area contributed by atoms with Crippen molar-refractivity contribution < 1.29 is 0 Å². The Labute approximate surface area is 82.1 Å². The van der Waals surface area contributed by atoms with Crippen molar-refractivity contribution in [2.75, 3.05) is 0 Å². The minimum atomic E-state index is 0.732. The van der Waals surface area contributed by atoms with Crippen LogP contribution in [0.1, 0.15) is 52.9 Å². The first kappa shape index (κ1) is 9.13. The van der Waals surface area contributed by atoms with Crippen LogP contribution in [0.4, 0.5) is 0 Å². The van der Waals surface area contributed by atoms with Crippen LogP contribution in [0.3, 0.4) is 0 Å². The zero-order chi connectivity index (χ0) is 9.53. The summed E-state index contributed by atoms with van der Waals surface area (Å²) in [6, 6.07) is 0. The number of fused-ring (bicyclic) bond motifs is 1. The fourth-order valence-corrected chi connectivity index (χ4v) is 3.37. The van der Waals surface area contributed by atoms with Gasteiger partial charge in [-0.1, -0.05) is 20.8 Å². The Bertz CT molecular complexity index is 267. The molecule has 0 aromatic carbocycles. The molecule has 0 saturated heterocycles. The molecular formula is C13H20. The lowest BCUT2D eigenvalue weighted by Crippen LogP contribution is -2.13. The molecule has 0 radical (unpaired) electrons. The lowest BCUT2D eigenvalue weighted by molar-refractivity contribution is 0.277. The van der Waals surface area contributed by atoms with E-state index in [1.807, 2.05) is 0 Å². The highest BCUT2D eigenvalue weighted by molar-refractivity contribution is 5.32. The summed E-state index contributed by atoms with van der Waals surface area (Å²) in [5.41, 5.74) is 1.49. The van der Waals surface area contributed by atoms with Gasteiger partial charge in [-0.25, -0.2) is 0 Å². The Balaban J connectivity index is 1.82. The van der Waals surface area contributed by atoms with E-state index in [1.165, 1.54) is 19.3 Å². The molecule has 3 atom stereocenters. The van der Waals surface area contributed by atoms with E-state index >= 15 is 0 Å². The molecule has 2 aliphatic rings. The Kier molecular flexibility index (Phi) is 1.95. The quantitative estimate of drug-likeness (QED) is 0.576. The highest BCUT2D eigenvalue weighted by Gasteiger charge is 2.83. The summed E-state index contributed by atoms with van der Waals surface area (Å²) < 4.78 is 0. The topological polar surface area (TPSA) is 0 Å². The van der Waals surface area contributed by atoms with Crippen molar-refractivity contribution in [1.82, 2.24) is 0 Å². The molecule has 0 heterocycles. The highest BCUT2D eigenvalue weighted by Crippen LogP contribution is 2.90. The van der Waals surface area contributed by atoms with Gasteiger partial charge in [0.05, 0.1) is 0 Å². The van der Waals surface area contributed by atoms with Gasteiger partial charge in [0.2, 0.25) is 0 Å². The van der Waals surface area contributed by atoms with Crippen LogP contribution in [0.5, 0.6) is 0 Å². The molecule has 0 heteroatoms. The zero-order valence-electron chi connectivity index (χ0n) is 9.11. The number of hydrogen-bond acceptors (Lipinski definition) is 0. The first-order valence-corrected chi connectivity index (χ1v) is 5.67. The van der Waals surface area contributed by atoms with Gasteiger partial charge in [-0.05, 0) is 36.0 Å². The van der Waals surface area contributed by atoms with Crippen LogP contribution in [0.25, 0.3) is 0 Å². The lowest BCUT2D eigenvalue weighted by Gasteiger charge is -2.22. The second-order valence-electron chi connectivity index (χ2n) is 4.89. The second-order valence-corrected chi connectivity index (χ2v) is 4.89. The normalized spacial score (nSPS) is 44.7. The van der Waals surface area contributed by atoms with Crippen molar-refractivity contribution in [3.63, 3.8) is 0 Å². The van der Waals surface area contributed by atoms with E-state index in [9.17, 15) is 0 Å². The predicted molar refractivity (Wildman–Crippen MR) is 56.2 cm³/mol. The van der Waals surface area contributed by atoms with Crippen LogP contribution in [-0.4, -0.2) is 0 Å². The maximum atomic E-state index is 3.27. The molecule has 0 aromatic heterocycles. The zero-order valence-corrected chi connectivity index (χ0v) is 9.11. The first-order valence-electron chi connectivity index (χ1n) is 5.67. The van der Waals surface area contributed by atoms with E-state index < -0.39 is 0 Å². The largest absolute Gasteiger partial charge is 0.104 e. The monoisotopic (exact) mass is 176 g/mol. The smallest absolute Gasteiger partial charge is 0.00942 e. The highest BCUT2D eigenvalue weighted by atomic mass is 14.9. The first-order chi connectivity index (χ1) is 6.21. The summed E-state index contributed by atoms with van der Waals surface area (Å²) in [6.07, 6.45) is 6.38. The van der Waals surface area contributed by atoms with Gasteiger partial charge in [0.15, 0.2) is 0 Å². The van der Waals surface area contributed by atoms with Gasteiger partial charge in [-0.3, -0.25) is 0 Å². The predicted octanol–water partition coefficient (Wildman–Crippen LogP) is 3.62. The average molecular weight is 176 g/mol. The van der Waals surface area contributed by atoms with Gasteiger partial charge in [-0.2, -0.15) is 0 Å². The molecule has 2 fully saturated rings. The lowest BCUT2D eigenvalue weighted by atomic mass is 9.82. The molecule has 0 bridgehead atoms. The summed E-state index contributed by atoms with van der Waals surface area (Å²) in [5.74, 6) is 7.52. The Hall–Kier alpha value is -0.440. The minimum absolute atomic E-state index is 0.732. The van der Waals surface area contributed by atoms with E-state index in [1.54, 1.807) is 0 Å². The average Bonchev–Trinajstić information content (AvgIpc) is 2.93. The van der Waals surface area contributed by atoms with Gasteiger partial charge in [0, 0.05) is 12.8 Å². The molecule has 0 amide bonds. The molecule has 3 unspecified atom stereocenters. The third-order valence-electron chi connectivity index (χ3n) is 4.59. The molecule has 2 saturated carbocycles. The molecule has 72 valence electrons. The van der Waals surface area contributed by atoms with Gasteiger partial charge in [0.25, 0.3) is 0 Å². The van der Waals surface area contributed by atoms with Crippen LogP contribution < -0.4 is 0 Å². The summed E-state index contributed by atoms with van der Waals surface area (Å²) in [5, 5.41) is 0. The summed E-state index contributed by atoms with van der Waals surface area (Å²) in [6.45, 7) is 6.94. The molecule has 2 aliphatic carbocycles. The van der Waals surface area contributed by atoms with E-state index in [0.717, 1.165) is 29.6 Å². The van der Waals surface area contributed by atoms with Gasteiger partial charge < -0.3 is 0 Å². The van der Waals surface area contributed by atoms with Crippen LogP contribution >= 0.6 is 0 Å². The van der Waals surface area contributed by atoms with Crippen molar-refractivity contribution in [2.24, 2.45) is 16.7 Å². The summed E-state index contributed by atoms with van der Waals surface area (Å²) in [4.78, 5) is 0. The fraction of sp³-hybridized carbons (Fsp3) is 0.846. The van der Waals surface area contributed by atoms with E-state index in [4.69, 9.17) is 0 Å². The summed E-state index contributed by atoms with van der Waals surface area (Å²) in [7, 11) is 0. The van der Waals surface area contributed by atoms with Gasteiger partial charge in [-0.15, -0.1) is 11.8 Å².